The third-order valence-electron chi connectivity index (χ3n) is 5.19. The van der Waals surface area contributed by atoms with E-state index in [0.29, 0.717) is 29.5 Å². The number of H-pyrrole nitrogens is 1. The highest BCUT2D eigenvalue weighted by Crippen LogP contribution is 2.35. The number of nitrogens with zero attached hydrogens (tertiary/aromatic N) is 2. The van der Waals surface area contributed by atoms with Crippen LogP contribution in [0.25, 0.3) is 10.9 Å². The van der Waals surface area contributed by atoms with Gasteiger partial charge in [-0.25, -0.2) is 0 Å². The van der Waals surface area contributed by atoms with E-state index < -0.39 is 0 Å². The van der Waals surface area contributed by atoms with Crippen LogP contribution in [0.1, 0.15) is 37.5 Å². The Hall–Kier alpha value is -3.39. The largest absolute Gasteiger partial charge is 0.358 e. The van der Waals surface area contributed by atoms with E-state index in [9.17, 15) is 9.59 Å². The number of amides is 2. The van der Waals surface area contributed by atoms with Gasteiger partial charge in [-0.1, -0.05) is 12.1 Å². The number of rotatable bonds is 1. The molecule has 120 valence electrons. The molecule has 5 rings (SSSR count). The molecule has 1 aromatic heterocycles. The molecule has 0 spiro atoms. The topological polar surface area (TPSA) is 77.0 Å². The van der Waals surface area contributed by atoms with Crippen molar-refractivity contribution in [3.8, 4) is 6.07 Å². The summed E-state index contributed by atoms with van der Waals surface area (Å²) in [5.74, 6) is -0.421. The van der Waals surface area contributed by atoms with E-state index in [1.165, 1.54) is 4.90 Å². The zero-order valence-corrected chi connectivity index (χ0v) is 13.2. The van der Waals surface area contributed by atoms with Gasteiger partial charge in [-0.2, -0.15) is 5.26 Å². The molecule has 0 fully saturated rings. The summed E-state index contributed by atoms with van der Waals surface area (Å²) in [6.45, 7) is 0. The van der Waals surface area contributed by atoms with E-state index >= 15 is 0 Å². The lowest BCUT2D eigenvalue weighted by atomic mass is 10.1. The summed E-state index contributed by atoms with van der Waals surface area (Å²) in [5, 5.41) is 10.1. The van der Waals surface area contributed by atoms with Gasteiger partial charge in [0.1, 0.15) is 0 Å². The van der Waals surface area contributed by atoms with Crippen molar-refractivity contribution in [3.63, 3.8) is 0 Å². The van der Waals surface area contributed by atoms with Crippen molar-refractivity contribution in [1.29, 1.82) is 5.26 Å². The lowest BCUT2D eigenvalue weighted by Crippen LogP contribution is -2.40. The highest BCUT2D eigenvalue weighted by Gasteiger charge is 2.42. The van der Waals surface area contributed by atoms with Crippen LogP contribution < -0.4 is 0 Å². The molecule has 5 heteroatoms. The quantitative estimate of drug-likeness (QED) is 0.698. The number of benzene rings is 2. The van der Waals surface area contributed by atoms with E-state index in [4.69, 9.17) is 5.26 Å². The Labute approximate surface area is 143 Å². The Balaban J connectivity index is 1.53. The van der Waals surface area contributed by atoms with Crippen LogP contribution in [0, 0.1) is 11.3 Å². The maximum atomic E-state index is 12.7. The Kier molecular flexibility index (Phi) is 2.69. The van der Waals surface area contributed by atoms with Gasteiger partial charge in [0.15, 0.2) is 0 Å². The summed E-state index contributed by atoms with van der Waals surface area (Å²) in [7, 11) is 0. The fraction of sp³-hybridized carbons (Fsp3) is 0.150. The molecular weight excluding hydrogens is 314 g/mol. The summed E-state index contributed by atoms with van der Waals surface area (Å²) >= 11 is 0. The van der Waals surface area contributed by atoms with Gasteiger partial charge in [-0.05, 0) is 42.3 Å². The molecule has 1 aliphatic carbocycles. The molecule has 0 unspecified atom stereocenters. The van der Waals surface area contributed by atoms with Crippen LogP contribution in [0.4, 0.5) is 0 Å². The molecule has 3 aromatic rings. The van der Waals surface area contributed by atoms with Crippen LogP contribution in [0.15, 0.2) is 42.5 Å². The molecule has 2 heterocycles. The number of nitrogens with one attached hydrogen (secondary N) is 1. The second-order valence-electron chi connectivity index (χ2n) is 6.54. The summed E-state index contributed by atoms with van der Waals surface area (Å²) in [6, 6.07) is 14.5. The zero-order valence-electron chi connectivity index (χ0n) is 13.2. The van der Waals surface area contributed by atoms with Crippen molar-refractivity contribution in [3.05, 3.63) is 70.4 Å². The van der Waals surface area contributed by atoms with Crippen LogP contribution in [-0.4, -0.2) is 27.7 Å². The van der Waals surface area contributed by atoms with Crippen molar-refractivity contribution in [2.75, 3.05) is 0 Å². The number of aromatic amines is 1. The number of aromatic nitrogens is 1. The molecule has 0 radical (unpaired) electrons. The number of fused-ring (bicyclic) bond motifs is 4. The molecule has 1 atom stereocenters. The van der Waals surface area contributed by atoms with Gasteiger partial charge in [0, 0.05) is 29.1 Å². The van der Waals surface area contributed by atoms with Gasteiger partial charge >= 0.3 is 0 Å². The van der Waals surface area contributed by atoms with E-state index in [1.807, 2.05) is 12.1 Å². The molecular formula is C20H13N3O2. The minimum atomic E-state index is -0.210. The normalized spacial score (nSPS) is 18.5. The van der Waals surface area contributed by atoms with Crippen LogP contribution in [0.5, 0.6) is 0 Å². The van der Waals surface area contributed by atoms with E-state index in [2.05, 4.69) is 11.1 Å². The van der Waals surface area contributed by atoms with Gasteiger partial charge in [-0.3, -0.25) is 14.5 Å². The molecule has 25 heavy (non-hydrogen) atoms. The number of hydrogen-bond donors (Lipinski definition) is 1. The van der Waals surface area contributed by atoms with Crippen LogP contribution in [0.2, 0.25) is 0 Å². The van der Waals surface area contributed by atoms with Crippen LogP contribution in [0.3, 0.4) is 0 Å². The van der Waals surface area contributed by atoms with E-state index in [1.54, 1.807) is 30.3 Å². The first-order chi connectivity index (χ1) is 12.2. The van der Waals surface area contributed by atoms with Crippen LogP contribution >= 0.6 is 0 Å². The number of nitriles is 1. The highest BCUT2D eigenvalue weighted by atomic mass is 16.2. The first-order valence-electron chi connectivity index (χ1n) is 8.18. The number of imide groups is 1. The van der Waals surface area contributed by atoms with Gasteiger partial charge in [-0.15, -0.1) is 0 Å². The molecule has 1 aliphatic heterocycles. The monoisotopic (exact) mass is 327 g/mol. The van der Waals surface area contributed by atoms with Gasteiger partial charge in [0.05, 0.1) is 22.8 Å². The van der Waals surface area contributed by atoms with Gasteiger partial charge in [0.2, 0.25) is 0 Å². The second kappa shape index (κ2) is 4.81. The average Bonchev–Trinajstić information content (AvgIpc) is 3.25. The lowest BCUT2D eigenvalue weighted by molar-refractivity contribution is 0.0590. The van der Waals surface area contributed by atoms with Crippen molar-refractivity contribution in [1.82, 2.24) is 9.88 Å². The Morgan fingerprint density at radius 1 is 1.04 bits per heavy atom. The molecule has 0 saturated heterocycles. The third kappa shape index (κ3) is 1.82. The minimum Gasteiger partial charge on any atom is -0.358 e. The second-order valence-corrected chi connectivity index (χ2v) is 6.54. The number of hydrogen-bond acceptors (Lipinski definition) is 3. The van der Waals surface area contributed by atoms with Gasteiger partial charge in [0.25, 0.3) is 11.8 Å². The maximum absolute atomic E-state index is 12.7. The Morgan fingerprint density at radius 3 is 2.44 bits per heavy atom. The SMILES string of the molecule is N#Cc1ccc2[nH]c3c(c2c1)C[C@@H](N1C(=O)c2ccccc2C1=O)C3. The summed E-state index contributed by atoms with van der Waals surface area (Å²) < 4.78 is 0. The number of carbonyl (C=O) groups excluding carboxylic acids is 2. The molecule has 0 bridgehead atoms. The highest BCUT2D eigenvalue weighted by molar-refractivity contribution is 6.21. The molecule has 1 N–H and O–H groups in total. The lowest BCUT2D eigenvalue weighted by Gasteiger charge is -2.21. The van der Waals surface area contributed by atoms with Crippen molar-refractivity contribution in [2.45, 2.75) is 18.9 Å². The maximum Gasteiger partial charge on any atom is 0.261 e. The molecule has 2 aliphatic rings. The Morgan fingerprint density at radius 2 is 1.76 bits per heavy atom. The van der Waals surface area contributed by atoms with Crippen molar-refractivity contribution >= 4 is 22.7 Å². The predicted octanol–water partition coefficient (Wildman–Crippen LogP) is 2.80. The summed E-state index contributed by atoms with van der Waals surface area (Å²) in [4.78, 5) is 30.1. The van der Waals surface area contributed by atoms with Gasteiger partial charge < -0.3 is 4.98 Å². The minimum absolute atomic E-state index is 0.177. The Bertz CT molecular complexity index is 1080. The number of carbonyl (C=O) groups is 2. The molecule has 2 amide bonds. The predicted molar refractivity (Wildman–Crippen MR) is 91.2 cm³/mol. The molecule has 2 aromatic carbocycles. The van der Waals surface area contributed by atoms with Crippen molar-refractivity contribution in [2.24, 2.45) is 0 Å². The first-order valence-corrected chi connectivity index (χ1v) is 8.18. The summed E-state index contributed by atoms with van der Waals surface area (Å²) in [5.41, 5.74) is 4.72. The van der Waals surface area contributed by atoms with E-state index in [-0.39, 0.29) is 17.9 Å². The fourth-order valence-electron chi connectivity index (χ4n) is 4.05. The zero-order chi connectivity index (χ0) is 17.1. The van der Waals surface area contributed by atoms with Crippen molar-refractivity contribution < 1.29 is 9.59 Å². The summed E-state index contributed by atoms with van der Waals surface area (Å²) in [6.07, 6.45) is 1.24. The van der Waals surface area contributed by atoms with Crippen LogP contribution in [-0.2, 0) is 12.8 Å². The molecule has 0 saturated carbocycles. The average molecular weight is 327 g/mol. The standard InChI is InChI=1S/C20H13N3O2/c21-10-11-5-6-17-15(7-11)16-8-12(9-18(16)22-17)23-19(24)13-3-1-2-4-14(13)20(23)25/h1-7,12,22H,8-9H2/t12-/m1/s1. The molecule has 5 nitrogen and oxygen atoms in total. The first kappa shape index (κ1) is 14.0. The van der Waals surface area contributed by atoms with E-state index in [0.717, 1.165) is 22.2 Å². The third-order valence-corrected chi connectivity index (χ3v) is 5.19. The fourth-order valence-corrected chi connectivity index (χ4v) is 4.05. The smallest absolute Gasteiger partial charge is 0.261 e.